The molecule has 0 aromatic carbocycles. The highest BCUT2D eigenvalue weighted by Gasteiger charge is 2.24. The van der Waals surface area contributed by atoms with E-state index in [0.29, 0.717) is 0 Å². The lowest BCUT2D eigenvalue weighted by Gasteiger charge is -2.09. The maximum absolute atomic E-state index is 11.7. The van der Waals surface area contributed by atoms with Crippen molar-refractivity contribution in [3.05, 3.63) is 11.4 Å². The molecule has 0 spiro atoms. The first-order valence-electron chi connectivity index (χ1n) is 4.60. The van der Waals surface area contributed by atoms with Gasteiger partial charge in [-0.3, -0.25) is 0 Å². The van der Waals surface area contributed by atoms with E-state index in [-0.39, 0.29) is 6.04 Å². The Hall–Kier alpha value is -0.0451. The summed E-state index contributed by atoms with van der Waals surface area (Å²) in [5, 5.41) is 13.2. The van der Waals surface area contributed by atoms with Crippen LogP contribution >= 0.6 is 7.14 Å². The Balaban J connectivity index is 2.59. The van der Waals surface area contributed by atoms with Crippen molar-refractivity contribution in [2.45, 2.75) is 25.7 Å². The lowest BCUT2D eigenvalue weighted by Crippen LogP contribution is -2.37. The minimum Gasteiger partial charge on any atom is -0.437 e. The highest BCUT2D eigenvalue weighted by Crippen LogP contribution is 2.50. The van der Waals surface area contributed by atoms with Gasteiger partial charge in [0.1, 0.15) is 7.14 Å². The smallest absolute Gasteiger partial charge is 0.374 e. The molecule has 1 unspecified atom stereocenters. The van der Waals surface area contributed by atoms with E-state index in [1.54, 1.807) is 20.2 Å². The number of hydrogen-bond donors (Lipinski definition) is 2. The third-order valence-electron chi connectivity index (χ3n) is 2.25. The van der Waals surface area contributed by atoms with Crippen LogP contribution in [0.15, 0.2) is 11.4 Å². The summed E-state index contributed by atoms with van der Waals surface area (Å²) in [6.07, 6.45) is 3.86. The van der Waals surface area contributed by atoms with E-state index >= 15 is 0 Å². The first-order valence-corrected chi connectivity index (χ1v) is 7.20. The fourth-order valence-corrected chi connectivity index (χ4v) is 2.80. The molecule has 1 aliphatic rings. The SMILES string of the molecule is CB(O)NC1C=C(P(C)(C)=O)CC1. The first-order chi connectivity index (χ1) is 5.89. The maximum atomic E-state index is 11.7. The van der Waals surface area contributed by atoms with E-state index in [9.17, 15) is 4.57 Å². The molecule has 0 saturated carbocycles. The topological polar surface area (TPSA) is 49.3 Å². The van der Waals surface area contributed by atoms with Crippen molar-refractivity contribution < 1.29 is 9.59 Å². The third-order valence-corrected chi connectivity index (χ3v) is 4.01. The predicted octanol–water partition coefficient (Wildman–Crippen LogP) is 1.36. The average Bonchev–Trinajstić information content (AvgIpc) is 2.32. The fourth-order valence-electron chi connectivity index (χ4n) is 1.59. The largest absolute Gasteiger partial charge is 0.437 e. The second kappa shape index (κ2) is 3.99. The second-order valence-corrected chi connectivity index (χ2v) is 7.27. The number of rotatable bonds is 3. The van der Waals surface area contributed by atoms with Crippen LogP contribution < -0.4 is 5.23 Å². The molecule has 1 atom stereocenters. The minimum atomic E-state index is -2.05. The normalized spacial score (nSPS) is 23.1. The number of nitrogens with one attached hydrogen (secondary N) is 1. The van der Waals surface area contributed by atoms with Crippen LogP contribution in [0, 0.1) is 0 Å². The van der Waals surface area contributed by atoms with E-state index in [1.807, 2.05) is 6.08 Å². The molecule has 0 aromatic heterocycles. The van der Waals surface area contributed by atoms with Crippen molar-refractivity contribution in [3.8, 4) is 0 Å². The van der Waals surface area contributed by atoms with Gasteiger partial charge in [-0.25, -0.2) is 0 Å². The van der Waals surface area contributed by atoms with Gasteiger partial charge in [0.15, 0.2) is 0 Å². The molecule has 0 heterocycles. The van der Waals surface area contributed by atoms with Gasteiger partial charge in [-0.05, 0) is 38.3 Å². The Morgan fingerprint density at radius 3 is 2.69 bits per heavy atom. The molecule has 74 valence electrons. The van der Waals surface area contributed by atoms with E-state index < -0.39 is 14.2 Å². The molecule has 1 rings (SSSR count). The summed E-state index contributed by atoms with van der Waals surface area (Å²) in [5.41, 5.74) is 0. The number of hydrogen-bond acceptors (Lipinski definition) is 3. The van der Waals surface area contributed by atoms with Gasteiger partial charge < -0.3 is 14.8 Å². The summed E-state index contributed by atoms with van der Waals surface area (Å²) in [5.74, 6) is 0. The summed E-state index contributed by atoms with van der Waals surface area (Å²) >= 11 is 0. The lowest BCUT2D eigenvalue weighted by atomic mass is 9.87. The molecule has 0 amide bonds. The summed E-state index contributed by atoms with van der Waals surface area (Å²) < 4.78 is 11.7. The average molecular weight is 201 g/mol. The molecule has 3 nitrogen and oxygen atoms in total. The van der Waals surface area contributed by atoms with Crippen LogP contribution in [-0.2, 0) is 4.57 Å². The molecule has 0 bridgehead atoms. The van der Waals surface area contributed by atoms with E-state index in [4.69, 9.17) is 5.02 Å². The quantitative estimate of drug-likeness (QED) is 0.535. The zero-order valence-corrected chi connectivity index (χ0v) is 9.34. The van der Waals surface area contributed by atoms with Crippen LogP contribution in [0.5, 0.6) is 0 Å². The minimum absolute atomic E-state index is 0.197. The molecule has 5 heteroatoms. The van der Waals surface area contributed by atoms with Crippen LogP contribution in [0.3, 0.4) is 0 Å². The molecule has 0 aliphatic heterocycles. The van der Waals surface area contributed by atoms with Gasteiger partial charge in [-0.15, -0.1) is 0 Å². The monoisotopic (exact) mass is 201 g/mol. The first kappa shape index (κ1) is 11.0. The highest BCUT2D eigenvalue weighted by molar-refractivity contribution is 7.66. The van der Waals surface area contributed by atoms with Gasteiger partial charge in [-0.1, -0.05) is 6.08 Å². The predicted molar refractivity (Wildman–Crippen MR) is 57.5 cm³/mol. The zero-order chi connectivity index (χ0) is 10.1. The van der Waals surface area contributed by atoms with Crippen LogP contribution in [0.2, 0.25) is 6.82 Å². The van der Waals surface area contributed by atoms with Crippen molar-refractivity contribution >= 4 is 14.2 Å². The van der Waals surface area contributed by atoms with E-state index in [1.165, 1.54) is 0 Å². The molecule has 0 fully saturated rings. The van der Waals surface area contributed by atoms with Crippen molar-refractivity contribution in [3.63, 3.8) is 0 Å². The van der Waals surface area contributed by atoms with E-state index in [2.05, 4.69) is 5.23 Å². The van der Waals surface area contributed by atoms with Crippen LogP contribution in [0.25, 0.3) is 0 Å². The van der Waals surface area contributed by atoms with Crippen molar-refractivity contribution in [2.75, 3.05) is 13.3 Å². The molecular weight excluding hydrogens is 184 g/mol. The standard InChI is InChI=1S/C8H17BNO2P/c1-9(11)10-7-4-5-8(6-7)13(2,3)12/h6-7,10-11H,4-5H2,1-3H3. The Kier molecular flexibility index (Phi) is 3.39. The van der Waals surface area contributed by atoms with Gasteiger partial charge in [-0.2, -0.15) is 0 Å². The Morgan fingerprint density at radius 1 is 1.69 bits per heavy atom. The van der Waals surface area contributed by atoms with Gasteiger partial charge in [0.05, 0.1) is 0 Å². The molecule has 2 N–H and O–H groups in total. The van der Waals surface area contributed by atoms with Gasteiger partial charge >= 0.3 is 7.05 Å². The van der Waals surface area contributed by atoms with Crippen LogP contribution in [-0.4, -0.2) is 31.4 Å². The summed E-state index contributed by atoms with van der Waals surface area (Å²) in [6, 6.07) is 0.197. The summed E-state index contributed by atoms with van der Waals surface area (Å²) in [4.78, 5) is 0. The molecule has 0 saturated heterocycles. The maximum Gasteiger partial charge on any atom is 0.374 e. The summed E-state index contributed by atoms with van der Waals surface area (Å²) in [6.45, 7) is 5.29. The molecule has 0 aromatic rings. The van der Waals surface area contributed by atoms with Crippen molar-refractivity contribution in [1.82, 2.24) is 5.23 Å². The molecule has 1 aliphatic carbocycles. The molecule has 0 radical (unpaired) electrons. The Bertz CT molecular complexity index is 259. The third kappa shape index (κ3) is 3.30. The van der Waals surface area contributed by atoms with Gasteiger partial charge in [0.2, 0.25) is 0 Å². The zero-order valence-electron chi connectivity index (χ0n) is 8.45. The van der Waals surface area contributed by atoms with Gasteiger partial charge in [0.25, 0.3) is 0 Å². The fraction of sp³-hybridized carbons (Fsp3) is 0.750. The van der Waals surface area contributed by atoms with Crippen LogP contribution in [0.1, 0.15) is 12.8 Å². The molecule has 13 heavy (non-hydrogen) atoms. The van der Waals surface area contributed by atoms with Gasteiger partial charge in [0, 0.05) is 6.04 Å². The van der Waals surface area contributed by atoms with Crippen molar-refractivity contribution in [1.29, 1.82) is 0 Å². The molecular formula is C8H17BNO2P. The summed E-state index contributed by atoms with van der Waals surface area (Å²) in [7, 11) is -2.55. The second-order valence-electron chi connectivity index (χ2n) is 4.00. The lowest BCUT2D eigenvalue weighted by molar-refractivity contribution is 0.537. The highest BCUT2D eigenvalue weighted by atomic mass is 31.2. The van der Waals surface area contributed by atoms with Crippen molar-refractivity contribution in [2.24, 2.45) is 0 Å². The Labute approximate surface area is 80.1 Å². The Morgan fingerprint density at radius 2 is 2.31 bits per heavy atom. The number of allylic oxidation sites excluding steroid dienone is 1. The van der Waals surface area contributed by atoms with E-state index in [0.717, 1.165) is 18.2 Å². The van der Waals surface area contributed by atoms with Crippen LogP contribution in [0.4, 0.5) is 0 Å².